The summed E-state index contributed by atoms with van der Waals surface area (Å²) >= 11 is 0. The Hall–Kier alpha value is -2.68. The predicted molar refractivity (Wildman–Crippen MR) is 94.4 cm³/mol. The first-order valence-electron chi connectivity index (χ1n) is 8.07. The van der Waals surface area contributed by atoms with Gasteiger partial charge in [0, 0.05) is 29.1 Å². The molecule has 3 atom stereocenters. The average Bonchev–Trinajstić information content (AvgIpc) is 3.19. The molecule has 3 unspecified atom stereocenters. The van der Waals surface area contributed by atoms with Crippen molar-refractivity contribution in [2.24, 2.45) is 5.92 Å². The number of benzene rings is 2. The smallest absolute Gasteiger partial charge is 0.159 e. The quantitative estimate of drug-likeness (QED) is 0.660. The standard InChI is InChI=1S/C20H18N2O/c1-3-13-12(2)14-8-9-16-15-6-4-5-7-17(15)23-19(16)18(14)22-11-10-21-20(13)22/h3-13,20-21H,1H2,2H3. The maximum absolute atomic E-state index is 6.25. The van der Waals surface area contributed by atoms with Crippen LogP contribution in [-0.4, -0.2) is 6.17 Å². The van der Waals surface area contributed by atoms with Crippen LogP contribution in [0, 0.1) is 5.92 Å². The molecule has 2 aliphatic heterocycles. The van der Waals surface area contributed by atoms with Crippen LogP contribution < -0.4 is 10.2 Å². The molecule has 0 radical (unpaired) electrons. The number of furan rings is 1. The van der Waals surface area contributed by atoms with Crippen molar-refractivity contribution in [2.75, 3.05) is 4.90 Å². The van der Waals surface area contributed by atoms with Gasteiger partial charge >= 0.3 is 0 Å². The lowest BCUT2D eigenvalue weighted by Gasteiger charge is -2.41. The van der Waals surface area contributed by atoms with E-state index in [2.05, 4.69) is 60.3 Å². The molecule has 3 heteroatoms. The molecule has 0 saturated heterocycles. The fraction of sp³-hybridized carbons (Fsp3) is 0.200. The summed E-state index contributed by atoms with van der Waals surface area (Å²) in [6.07, 6.45) is 6.41. The average molecular weight is 302 g/mol. The van der Waals surface area contributed by atoms with Crippen LogP contribution in [0.2, 0.25) is 0 Å². The van der Waals surface area contributed by atoms with Crippen LogP contribution in [0.3, 0.4) is 0 Å². The zero-order valence-electron chi connectivity index (χ0n) is 13.0. The number of nitrogens with one attached hydrogen (secondary N) is 1. The summed E-state index contributed by atoms with van der Waals surface area (Å²) in [6, 6.07) is 12.7. The Kier molecular flexibility index (Phi) is 2.46. The molecule has 0 amide bonds. The Bertz CT molecular complexity index is 968. The molecule has 1 N–H and O–H groups in total. The molecule has 0 fully saturated rings. The van der Waals surface area contributed by atoms with Gasteiger partial charge in [-0.1, -0.05) is 43.3 Å². The van der Waals surface area contributed by atoms with Crippen LogP contribution in [-0.2, 0) is 0 Å². The number of anilines is 1. The van der Waals surface area contributed by atoms with E-state index in [-0.39, 0.29) is 6.17 Å². The van der Waals surface area contributed by atoms with E-state index in [0.717, 1.165) is 11.2 Å². The summed E-state index contributed by atoms with van der Waals surface area (Å²) < 4.78 is 6.25. The van der Waals surface area contributed by atoms with E-state index in [1.165, 1.54) is 22.0 Å². The predicted octanol–water partition coefficient (Wildman–Crippen LogP) is 4.71. The summed E-state index contributed by atoms with van der Waals surface area (Å²) in [6.45, 7) is 6.32. The third kappa shape index (κ3) is 1.54. The van der Waals surface area contributed by atoms with Crippen LogP contribution in [0.15, 0.2) is 65.9 Å². The molecule has 114 valence electrons. The Labute approximate surface area is 134 Å². The molecule has 2 aromatic carbocycles. The van der Waals surface area contributed by atoms with Gasteiger partial charge in [-0.3, -0.25) is 0 Å². The van der Waals surface area contributed by atoms with Gasteiger partial charge in [0.1, 0.15) is 11.7 Å². The number of hydrogen-bond acceptors (Lipinski definition) is 3. The van der Waals surface area contributed by atoms with E-state index < -0.39 is 0 Å². The molecular formula is C20H18N2O. The van der Waals surface area contributed by atoms with Crippen molar-refractivity contribution in [1.82, 2.24) is 5.32 Å². The summed E-state index contributed by atoms with van der Waals surface area (Å²) in [5.41, 5.74) is 4.44. The number of rotatable bonds is 1. The topological polar surface area (TPSA) is 28.4 Å². The van der Waals surface area contributed by atoms with Gasteiger partial charge in [0.15, 0.2) is 5.58 Å². The molecule has 3 aromatic rings. The highest BCUT2D eigenvalue weighted by Gasteiger charge is 2.40. The Balaban J connectivity index is 1.87. The third-order valence-corrected chi connectivity index (χ3v) is 5.32. The van der Waals surface area contributed by atoms with Gasteiger partial charge in [-0.15, -0.1) is 6.58 Å². The second-order valence-electron chi connectivity index (χ2n) is 6.41. The largest absolute Gasteiger partial charge is 0.454 e. The Morgan fingerprint density at radius 2 is 2.04 bits per heavy atom. The van der Waals surface area contributed by atoms with Gasteiger partial charge < -0.3 is 14.6 Å². The summed E-state index contributed by atoms with van der Waals surface area (Å²) in [4.78, 5) is 2.30. The number of fused-ring (bicyclic) bond motifs is 7. The van der Waals surface area contributed by atoms with E-state index in [1.54, 1.807) is 0 Å². The lowest BCUT2D eigenvalue weighted by molar-refractivity contribution is 0.397. The highest BCUT2D eigenvalue weighted by atomic mass is 16.3. The maximum Gasteiger partial charge on any atom is 0.159 e. The summed E-state index contributed by atoms with van der Waals surface area (Å²) in [5, 5.41) is 5.82. The van der Waals surface area contributed by atoms with Crippen molar-refractivity contribution >= 4 is 27.6 Å². The van der Waals surface area contributed by atoms with E-state index in [9.17, 15) is 0 Å². The van der Waals surface area contributed by atoms with Crippen LogP contribution in [0.4, 0.5) is 5.69 Å². The molecule has 2 aliphatic rings. The third-order valence-electron chi connectivity index (χ3n) is 5.32. The zero-order chi connectivity index (χ0) is 15.6. The zero-order valence-corrected chi connectivity index (χ0v) is 13.0. The molecule has 1 aromatic heterocycles. The second kappa shape index (κ2) is 4.42. The monoisotopic (exact) mass is 302 g/mol. The molecule has 0 saturated carbocycles. The first-order chi connectivity index (χ1) is 11.3. The maximum atomic E-state index is 6.25. The van der Waals surface area contributed by atoms with Crippen molar-refractivity contribution < 1.29 is 4.42 Å². The molecule has 3 heterocycles. The fourth-order valence-corrected chi connectivity index (χ4v) is 4.14. The second-order valence-corrected chi connectivity index (χ2v) is 6.41. The SMILES string of the molecule is C=CC1C(C)c2ccc3c(oc4ccccc43)c2N2C=CNC12. The molecule has 5 rings (SSSR count). The van der Waals surface area contributed by atoms with Gasteiger partial charge in [-0.05, 0) is 17.5 Å². The van der Waals surface area contributed by atoms with E-state index in [1.807, 2.05) is 18.3 Å². The lowest BCUT2D eigenvalue weighted by Crippen LogP contribution is -2.46. The van der Waals surface area contributed by atoms with E-state index in [4.69, 9.17) is 4.42 Å². The minimum absolute atomic E-state index is 0.216. The molecule has 3 nitrogen and oxygen atoms in total. The van der Waals surface area contributed by atoms with Crippen molar-refractivity contribution in [3.8, 4) is 0 Å². The van der Waals surface area contributed by atoms with Crippen LogP contribution >= 0.6 is 0 Å². The molecule has 0 bridgehead atoms. The highest BCUT2D eigenvalue weighted by Crippen LogP contribution is 2.48. The number of para-hydroxylation sites is 1. The van der Waals surface area contributed by atoms with Crippen LogP contribution in [0.5, 0.6) is 0 Å². The van der Waals surface area contributed by atoms with Crippen molar-refractivity contribution in [1.29, 1.82) is 0 Å². The molecule has 23 heavy (non-hydrogen) atoms. The first kappa shape index (κ1) is 12.8. The molecule has 0 aliphatic carbocycles. The summed E-state index contributed by atoms with van der Waals surface area (Å²) in [5.74, 6) is 0.757. The van der Waals surface area contributed by atoms with E-state index >= 15 is 0 Å². The van der Waals surface area contributed by atoms with Crippen LogP contribution in [0.25, 0.3) is 21.9 Å². The van der Waals surface area contributed by atoms with Gasteiger partial charge in [-0.25, -0.2) is 0 Å². The van der Waals surface area contributed by atoms with Crippen molar-refractivity contribution in [3.05, 3.63) is 67.0 Å². The normalized spacial score (nSPS) is 25.4. The minimum Gasteiger partial charge on any atom is -0.454 e. The number of nitrogens with zero attached hydrogens (tertiary/aromatic N) is 1. The fourth-order valence-electron chi connectivity index (χ4n) is 4.14. The van der Waals surface area contributed by atoms with Gasteiger partial charge in [0.25, 0.3) is 0 Å². The first-order valence-corrected chi connectivity index (χ1v) is 8.07. The molecular weight excluding hydrogens is 284 g/mol. The van der Waals surface area contributed by atoms with Crippen molar-refractivity contribution in [3.63, 3.8) is 0 Å². The van der Waals surface area contributed by atoms with E-state index in [0.29, 0.717) is 11.8 Å². The van der Waals surface area contributed by atoms with Gasteiger partial charge in [0.2, 0.25) is 0 Å². The Morgan fingerprint density at radius 3 is 2.91 bits per heavy atom. The van der Waals surface area contributed by atoms with Gasteiger partial charge in [-0.2, -0.15) is 0 Å². The van der Waals surface area contributed by atoms with Crippen molar-refractivity contribution in [2.45, 2.75) is 19.0 Å². The Morgan fingerprint density at radius 1 is 1.17 bits per heavy atom. The van der Waals surface area contributed by atoms with Crippen LogP contribution in [0.1, 0.15) is 18.4 Å². The highest BCUT2D eigenvalue weighted by molar-refractivity contribution is 6.10. The van der Waals surface area contributed by atoms with Gasteiger partial charge in [0.05, 0.1) is 5.69 Å². The summed E-state index contributed by atoms with van der Waals surface area (Å²) in [7, 11) is 0. The molecule has 0 spiro atoms. The lowest BCUT2D eigenvalue weighted by atomic mass is 9.80. The minimum atomic E-state index is 0.216. The number of hydrogen-bond donors (Lipinski definition) is 1.